The molecule has 3 unspecified atom stereocenters. The van der Waals surface area contributed by atoms with Crippen LogP contribution >= 0.6 is 0 Å². The summed E-state index contributed by atoms with van der Waals surface area (Å²) in [6.45, 7) is 4.45. The van der Waals surface area contributed by atoms with E-state index in [0.29, 0.717) is 17.5 Å². The Bertz CT molecular complexity index is 421. The molecule has 4 aliphatic rings. The van der Waals surface area contributed by atoms with Gasteiger partial charge >= 0.3 is 5.97 Å². The van der Waals surface area contributed by atoms with Gasteiger partial charge < -0.3 is 4.74 Å². The summed E-state index contributed by atoms with van der Waals surface area (Å²) in [5.74, 6) is 0.895. The molecule has 0 N–H and O–H groups in total. The number of carbonyl (C=O) groups is 1. The van der Waals surface area contributed by atoms with Crippen LogP contribution in [0, 0.1) is 11.8 Å². The summed E-state index contributed by atoms with van der Waals surface area (Å²) >= 11 is 0. The maximum Gasteiger partial charge on any atom is 0.352 e. The van der Waals surface area contributed by atoms with Crippen molar-refractivity contribution in [1.82, 2.24) is 0 Å². The third-order valence-corrected chi connectivity index (χ3v) is 4.54. The van der Waals surface area contributed by atoms with Crippen molar-refractivity contribution in [3.05, 3.63) is 11.1 Å². The van der Waals surface area contributed by atoms with Crippen molar-refractivity contribution in [3.8, 4) is 0 Å². The van der Waals surface area contributed by atoms with Crippen LogP contribution in [0.4, 0.5) is 0 Å². The van der Waals surface area contributed by atoms with Gasteiger partial charge in [-0.25, -0.2) is 4.79 Å². The van der Waals surface area contributed by atoms with Gasteiger partial charge in [0.15, 0.2) is 0 Å². The Labute approximate surface area is 89.2 Å². The van der Waals surface area contributed by atoms with Crippen LogP contribution in [0.5, 0.6) is 0 Å². The molecule has 0 aromatic rings. The van der Waals surface area contributed by atoms with Crippen molar-refractivity contribution in [1.29, 1.82) is 0 Å². The van der Waals surface area contributed by atoms with Gasteiger partial charge in [0.1, 0.15) is 5.71 Å². The molecule has 1 aliphatic heterocycles. The van der Waals surface area contributed by atoms with Crippen molar-refractivity contribution in [2.24, 2.45) is 16.8 Å². The van der Waals surface area contributed by atoms with E-state index in [1.54, 1.807) is 5.57 Å². The fourth-order valence-corrected chi connectivity index (χ4v) is 3.49. The normalized spacial score (nSPS) is 41.1. The average molecular weight is 205 g/mol. The van der Waals surface area contributed by atoms with E-state index in [4.69, 9.17) is 0 Å². The van der Waals surface area contributed by atoms with E-state index in [-0.39, 0.29) is 11.5 Å². The summed E-state index contributed by atoms with van der Waals surface area (Å²) in [6.07, 6.45) is 2.01. The zero-order valence-electron chi connectivity index (χ0n) is 9.33. The number of aliphatic imine (C=N–C) groups is 1. The third kappa shape index (κ3) is 0.829. The van der Waals surface area contributed by atoms with Crippen LogP contribution in [0.1, 0.15) is 26.7 Å². The molecule has 0 aromatic carbocycles. The van der Waals surface area contributed by atoms with Crippen molar-refractivity contribution in [2.45, 2.75) is 32.2 Å². The van der Waals surface area contributed by atoms with Gasteiger partial charge in [-0.3, -0.25) is 4.99 Å². The average Bonchev–Trinajstić information content (AvgIpc) is 2.58. The van der Waals surface area contributed by atoms with Crippen LogP contribution in [0.15, 0.2) is 16.1 Å². The first-order chi connectivity index (χ1) is 7.10. The van der Waals surface area contributed by atoms with Crippen LogP contribution in [0.3, 0.4) is 0 Å². The standard InChI is InChI=1S/C12H15NO2/c1-6-8-4-9(6)12(7(8)2)5-10(13-12)11(14)15-3/h7,9H,4-5H2,1-3H3. The van der Waals surface area contributed by atoms with Gasteiger partial charge in [0.25, 0.3) is 0 Å². The minimum absolute atomic E-state index is 0.0446. The fraction of sp³-hybridized carbons (Fsp3) is 0.667. The number of hydrogen-bond donors (Lipinski definition) is 0. The van der Waals surface area contributed by atoms with Crippen LogP contribution in [0.2, 0.25) is 0 Å². The zero-order chi connectivity index (χ0) is 10.8. The van der Waals surface area contributed by atoms with Crippen molar-refractivity contribution >= 4 is 11.7 Å². The number of esters is 1. The van der Waals surface area contributed by atoms with E-state index in [0.717, 1.165) is 6.42 Å². The molecule has 1 saturated carbocycles. The Balaban J connectivity index is 1.89. The van der Waals surface area contributed by atoms with Gasteiger partial charge in [-0.2, -0.15) is 0 Å². The highest BCUT2D eigenvalue weighted by atomic mass is 16.5. The highest BCUT2D eigenvalue weighted by Gasteiger charge is 2.62. The Morgan fingerprint density at radius 2 is 2.27 bits per heavy atom. The number of rotatable bonds is 1. The molecule has 0 saturated heterocycles. The van der Waals surface area contributed by atoms with Gasteiger partial charge in [-0.05, 0) is 13.3 Å². The van der Waals surface area contributed by atoms with E-state index in [1.807, 2.05) is 0 Å². The predicted octanol–water partition coefficient (Wildman–Crippen LogP) is 1.73. The van der Waals surface area contributed by atoms with Crippen LogP contribution in [0.25, 0.3) is 0 Å². The molecule has 1 spiro atoms. The minimum atomic E-state index is -0.250. The SMILES string of the molecule is COC(=O)C1=NC2(C1)C(C)C1=C(C)C2C1. The first-order valence-electron chi connectivity index (χ1n) is 5.46. The Hall–Kier alpha value is -1.12. The minimum Gasteiger partial charge on any atom is -0.465 e. The first kappa shape index (κ1) is 9.13. The molecule has 2 bridgehead atoms. The topological polar surface area (TPSA) is 38.7 Å². The van der Waals surface area contributed by atoms with Gasteiger partial charge in [-0.15, -0.1) is 0 Å². The molecule has 1 heterocycles. The van der Waals surface area contributed by atoms with E-state index in [1.165, 1.54) is 19.1 Å². The number of hydrogen-bond acceptors (Lipinski definition) is 3. The van der Waals surface area contributed by atoms with Crippen LogP contribution in [-0.4, -0.2) is 24.3 Å². The lowest BCUT2D eigenvalue weighted by Crippen LogP contribution is -2.48. The molecule has 4 rings (SSSR count). The van der Waals surface area contributed by atoms with Crippen molar-refractivity contribution < 1.29 is 9.53 Å². The van der Waals surface area contributed by atoms with Crippen molar-refractivity contribution in [2.75, 3.05) is 7.11 Å². The second-order valence-electron chi connectivity index (χ2n) is 4.90. The number of carbonyl (C=O) groups excluding carboxylic acids is 1. The quantitative estimate of drug-likeness (QED) is 0.483. The monoisotopic (exact) mass is 205 g/mol. The molecule has 0 aromatic heterocycles. The van der Waals surface area contributed by atoms with E-state index >= 15 is 0 Å². The lowest BCUT2D eigenvalue weighted by Gasteiger charge is -2.40. The first-order valence-corrected chi connectivity index (χ1v) is 5.46. The summed E-state index contributed by atoms with van der Waals surface area (Å²) in [5, 5.41) is 0. The summed E-state index contributed by atoms with van der Waals surface area (Å²) in [5.41, 5.74) is 3.77. The van der Waals surface area contributed by atoms with E-state index in [2.05, 4.69) is 23.6 Å². The largest absolute Gasteiger partial charge is 0.465 e. The molecule has 15 heavy (non-hydrogen) atoms. The summed E-state index contributed by atoms with van der Waals surface area (Å²) in [7, 11) is 1.42. The lowest BCUT2D eigenvalue weighted by atomic mass is 9.73. The van der Waals surface area contributed by atoms with E-state index in [9.17, 15) is 4.79 Å². The zero-order valence-corrected chi connectivity index (χ0v) is 9.33. The molecule has 3 atom stereocenters. The molecule has 3 heteroatoms. The molecule has 0 radical (unpaired) electrons. The maximum atomic E-state index is 11.3. The fourth-order valence-electron chi connectivity index (χ4n) is 3.49. The van der Waals surface area contributed by atoms with E-state index < -0.39 is 0 Å². The summed E-state index contributed by atoms with van der Waals surface area (Å²) < 4.78 is 4.68. The van der Waals surface area contributed by atoms with Crippen molar-refractivity contribution in [3.63, 3.8) is 0 Å². The molecular weight excluding hydrogens is 190 g/mol. The Morgan fingerprint density at radius 1 is 1.60 bits per heavy atom. The highest BCUT2D eigenvalue weighted by Crippen LogP contribution is 2.63. The highest BCUT2D eigenvalue weighted by molar-refractivity contribution is 6.38. The van der Waals surface area contributed by atoms with Gasteiger partial charge in [-0.1, -0.05) is 18.1 Å². The summed E-state index contributed by atoms with van der Waals surface area (Å²) in [4.78, 5) is 15.9. The molecule has 80 valence electrons. The molecule has 0 amide bonds. The van der Waals surface area contributed by atoms with Crippen LogP contribution < -0.4 is 0 Å². The predicted molar refractivity (Wildman–Crippen MR) is 56.8 cm³/mol. The second-order valence-corrected chi connectivity index (χ2v) is 4.90. The third-order valence-electron chi connectivity index (χ3n) is 4.54. The number of methoxy groups -OCH3 is 1. The van der Waals surface area contributed by atoms with Gasteiger partial charge in [0, 0.05) is 18.3 Å². The molecule has 3 aliphatic carbocycles. The maximum absolute atomic E-state index is 11.3. The van der Waals surface area contributed by atoms with Gasteiger partial charge in [0.05, 0.1) is 12.6 Å². The Morgan fingerprint density at radius 3 is 2.67 bits per heavy atom. The number of ether oxygens (including phenoxy) is 1. The molecule has 1 fully saturated rings. The molecular formula is C12H15NO2. The lowest BCUT2D eigenvalue weighted by molar-refractivity contribution is -0.133. The molecule has 3 nitrogen and oxygen atoms in total. The smallest absolute Gasteiger partial charge is 0.352 e. The van der Waals surface area contributed by atoms with Gasteiger partial charge in [0.2, 0.25) is 0 Å². The Kier molecular flexibility index (Phi) is 1.53. The van der Waals surface area contributed by atoms with Crippen LogP contribution in [-0.2, 0) is 9.53 Å². The number of nitrogens with zero attached hydrogens (tertiary/aromatic N) is 1. The summed E-state index contributed by atoms with van der Waals surface area (Å²) in [6, 6.07) is 0. The second kappa shape index (κ2) is 2.52.